The van der Waals surface area contributed by atoms with Crippen LogP contribution in [0.4, 0.5) is 5.69 Å². The molecule has 2 N–H and O–H groups in total. The molecule has 126 valence electrons. The van der Waals surface area contributed by atoms with Crippen LogP contribution in [-0.2, 0) is 4.79 Å². The van der Waals surface area contributed by atoms with Gasteiger partial charge < -0.3 is 10.6 Å². The summed E-state index contributed by atoms with van der Waals surface area (Å²) in [5, 5.41) is 7.74. The lowest BCUT2D eigenvalue weighted by Gasteiger charge is -2.08. The molecule has 3 rings (SSSR count). The number of carbonyl (C=O) groups is 2. The number of nitrogens with one attached hydrogen (secondary N) is 2. The lowest BCUT2D eigenvalue weighted by atomic mass is 10.1. The lowest BCUT2D eigenvalue weighted by Crippen LogP contribution is -2.27. The molecule has 0 aromatic heterocycles. The fraction of sp³-hybridized carbons (Fsp3) is 0.143. The molecular weight excluding hydrogens is 312 g/mol. The molecule has 0 bridgehead atoms. The van der Waals surface area contributed by atoms with Gasteiger partial charge in [0.25, 0.3) is 5.91 Å². The summed E-state index contributed by atoms with van der Waals surface area (Å²) in [7, 11) is 0. The van der Waals surface area contributed by atoms with E-state index in [2.05, 4.69) is 10.6 Å². The molecule has 4 heteroatoms. The molecular formula is C21H20N2O2. The van der Waals surface area contributed by atoms with E-state index >= 15 is 0 Å². The van der Waals surface area contributed by atoms with E-state index in [0.29, 0.717) is 12.1 Å². The summed E-state index contributed by atoms with van der Waals surface area (Å²) in [6.07, 6.45) is 0.229. The van der Waals surface area contributed by atoms with Crippen LogP contribution in [-0.4, -0.2) is 18.4 Å². The monoisotopic (exact) mass is 332 g/mol. The van der Waals surface area contributed by atoms with Crippen molar-refractivity contribution in [1.29, 1.82) is 0 Å². The Morgan fingerprint density at radius 2 is 1.68 bits per heavy atom. The third kappa shape index (κ3) is 4.44. The van der Waals surface area contributed by atoms with Crippen molar-refractivity contribution in [3.05, 3.63) is 77.9 Å². The van der Waals surface area contributed by atoms with E-state index in [1.54, 1.807) is 6.07 Å². The summed E-state index contributed by atoms with van der Waals surface area (Å²) in [4.78, 5) is 24.2. The zero-order chi connectivity index (χ0) is 17.6. The number of hydrogen-bond acceptors (Lipinski definition) is 2. The molecule has 0 unspecified atom stereocenters. The van der Waals surface area contributed by atoms with Gasteiger partial charge in [-0.1, -0.05) is 42.5 Å². The molecule has 3 aromatic carbocycles. The third-order valence-electron chi connectivity index (χ3n) is 3.95. The highest BCUT2D eigenvalue weighted by Gasteiger charge is 2.08. The molecule has 25 heavy (non-hydrogen) atoms. The maximum absolute atomic E-state index is 12.2. The van der Waals surface area contributed by atoms with Crippen molar-refractivity contribution in [3.8, 4) is 0 Å². The second-order valence-electron chi connectivity index (χ2n) is 5.99. The Kier molecular flexibility index (Phi) is 5.09. The van der Waals surface area contributed by atoms with Gasteiger partial charge in [-0.25, -0.2) is 0 Å². The van der Waals surface area contributed by atoms with Crippen molar-refractivity contribution >= 4 is 28.3 Å². The summed E-state index contributed by atoms with van der Waals surface area (Å²) >= 11 is 0. The quantitative estimate of drug-likeness (QED) is 0.744. The predicted octanol–water partition coefficient (Wildman–Crippen LogP) is 3.91. The Labute approximate surface area is 146 Å². The lowest BCUT2D eigenvalue weighted by molar-refractivity contribution is -0.116. The first-order valence-electron chi connectivity index (χ1n) is 8.25. The van der Waals surface area contributed by atoms with Crippen LogP contribution in [0.2, 0.25) is 0 Å². The Morgan fingerprint density at radius 3 is 2.48 bits per heavy atom. The molecule has 0 fully saturated rings. The number of anilines is 1. The fourth-order valence-electron chi connectivity index (χ4n) is 2.67. The molecule has 0 aliphatic rings. The first-order valence-corrected chi connectivity index (χ1v) is 8.25. The number of benzene rings is 3. The summed E-state index contributed by atoms with van der Waals surface area (Å²) in [6, 6.07) is 21.1. The van der Waals surface area contributed by atoms with Crippen LogP contribution in [0.15, 0.2) is 66.7 Å². The molecule has 2 amide bonds. The van der Waals surface area contributed by atoms with E-state index in [1.807, 2.05) is 67.6 Å². The minimum atomic E-state index is -0.172. The Balaban J connectivity index is 1.52. The minimum Gasteiger partial charge on any atom is -0.352 e. The first kappa shape index (κ1) is 16.7. The van der Waals surface area contributed by atoms with Crippen LogP contribution >= 0.6 is 0 Å². The highest BCUT2D eigenvalue weighted by molar-refractivity contribution is 5.99. The summed E-state index contributed by atoms with van der Waals surface area (Å²) < 4.78 is 0. The average Bonchev–Trinajstić information content (AvgIpc) is 2.61. The van der Waals surface area contributed by atoms with Crippen molar-refractivity contribution in [2.75, 3.05) is 11.9 Å². The Bertz CT molecular complexity index is 918. The van der Waals surface area contributed by atoms with Crippen LogP contribution in [0.25, 0.3) is 10.8 Å². The largest absolute Gasteiger partial charge is 0.352 e. The van der Waals surface area contributed by atoms with E-state index in [-0.39, 0.29) is 18.2 Å². The molecule has 4 nitrogen and oxygen atoms in total. The van der Waals surface area contributed by atoms with Gasteiger partial charge in [0.1, 0.15) is 0 Å². The van der Waals surface area contributed by atoms with Crippen molar-refractivity contribution in [2.24, 2.45) is 0 Å². The van der Waals surface area contributed by atoms with Gasteiger partial charge in [0.15, 0.2) is 0 Å². The van der Waals surface area contributed by atoms with Gasteiger partial charge in [0.05, 0.1) is 0 Å². The maximum Gasteiger partial charge on any atom is 0.251 e. The second-order valence-corrected chi connectivity index (χ2v) is 5.99. The summed E-state index contributed by atoms with van der Waals surface area (Å²) in [6.45, 7) is 2.27. The van der Waals surface area contributed by atoms with E-state index in [0.717, 1.165) is 22.0 Å². The molecule has 0 heterocycles. The predicted molar refractivity (Wildman–Crippen MR) is 101 cm³/mol. The number of hydrogen-bond donors (Lipinski definition) is 2. The van der Waals surface area contributed by atoms with Crippen molar-refractivity contribution < 1.29 is 9.59 Å². The average molecular weight is 332 g/mol. The SMILES string of the molecule is Cc1cccc(NC(=O)CCNC(=O)c2ccc3ccccc3c2)c1. The van der Waals surface area contributed by atoms with Gasteiger partial charge >= 0.3 is 0 Å². The van der Waals surface area contributed by atoms with Gasteiger partial charge in [-0.15, -0.1) is 0 Å². The third-order valence-corrected chi connectivity index (χ3v) is 3.95. The number of rotatable bonds is 5. The highest BCUT2D eigenvalue weighted by Crippen LogP contribution is 2.15. The molecule has 0 spiro atoms. The number of carbonyl (C=O) groups excluding carboxylic acids is 2. The fourth-order valence-corrected chi connectivity index (χ4v) is 2.67. The van der Waals surface area contributed by atoms with Gasteiger partial charge in [-0.3, -0.25) is 9.59 Å². The van der Waals surface area contributed by atoms with Crippen molar-refractivity contribution in [1.82, 2.24) is 5.32 Å². The van der Waals surface area contributed by atoms with Gasteiger partial charge in [0, 0.05) is 24.2 Å². The molecule has 0 atom stereocenters. The standard InChI is InChI=1S/C21H20N2O2/c1-15-5-4-8-19(13-15)23-20(24)11-12-22-21(25)18-10-9-16-6-2-3-7-17(16)14-18/h2-10,13-14H,11-12H2,1H3,(H,22,25)(H,23,24). The van der Waals surface area contributed by atoms with Crippen LogP contribution in [0.5, 0.6) is 0 Å². The minimum absolute atomic E-state index is 0.121. The zero-order valence-corrected chi connectivity index (χ0v) is 14.1. The Hall–Kier alpha value is -3.14. The van der Waals surface area contributed by atoms with Crippen LogP contribution in [0, 0.1) is 6.92 Å². The second kappa shape index (κ2) is 7.62. The van der Waals surface area contributed by atoms with E-state index in [1.165, 1.54) is 0 Å². The van der Waals surface area contributed by atoms with E-state index in [9.17, 15) is 9.59 Å². The molecule has 0 saturated carbocycles. The normalized spacial score (nSPS) is 10.4. The number of fused-ring (bicyclic) bond motifs is 1. The zero-order valence-electron chi connectivity index (χ0n) is 14.1. The maximum atomic E-state index is 12.2. The molecule has 3 aromatic rings. The van der Waals surface area contributed by atoms with Gasteiger partial charge in [-0.05, 0) is 47.5 Å². The first-order chi connectivity index (χ1) is 12.1. The smallest absolute Gasteiger partial charge is 0.251 e. The summed E-state index contributed by atoms with van der Waals surface area (Å²) in [5.74, 6) is -0.293. The van der Waals surface area contributed by atoms with Crippen LogP contribution < -0.4 is 10.6 Å². The topological polar surface area (TPSA) is 58.2 Å². The van der Waals surface area contributed by atoms with Gasteiger partial charge in [0.2, 0.25) is 5.91 Å². The van der Waals surface area contributed by atoms with Crippen LogP contribution in [0.1, 0.15) is 22.3 Å². The van der Waals surface area contributed by atoms with Gasteiger partial charge in [-0.2, -0.15) is 0 Å². The van der Waals surface area contributed by atoms with E-state index in [4.69, 9.17) is 0 Å². The van der Waals surface area contributed by atoms with Crippen molar-refractivity contribution in [2.45, 2.75) is 13.3 Å². The molecule has 0 aliphatic carbocycles. The molecule has 0 radical (unpaired) electrons. The highest BCUT2D eigenvalue weighted by atomic mass is 16.2. The molecule has 0 aliphatic heterocycles. The number of aryl methyl sites for hydroxylation is 1. The summed E-state index contributed by atoms with van der Waals surface area (Å²) in [5.41, 5.74) is 2.45. The number of amides is 2. The van der Waals surface area contributed by atoms with Crippen LogP contribution in [0.3, 0.4) is 0 Å². The Morgan fingerprint density at radius 1 is 0.880 bits per heavy atom. The molecule has 0 saturated heterocycles. The van der Waals surface area contributed by atoms with E-state index < -0.39 is 0 Å². The van der Waals surface area contributed by atoms with Crippen molar-refractivity contribution in [3.63, 3.8) is 0 Å².